The first kappa shape index (κ1) is 24.0. The summed E-state index contributed by atoms with van der Waals surface area (Å²) in [5, 5.41) is 2.58. The molecule has 1 amide bonds. The van der Waals surface area contributed by atoms with Gasteiger partial charge in [0, 0.05) is 23.4 Å². The van der Waals surface area contributed by atoms with E-state index in [9.17, 15) is 22.0 Å². The van der Waals surface area contributed by atoms with Gasteiger partial charge in [-0.1, -0.05) is 35.9 Å². The molecular weight excluding hydrogens is 454 g/mol. The number of hydrogen-bond donors (Lipinski definition) is 2. The number of methoxy groups -OCH3 is 1. The molecule has 0 saturated heterocycles. The Labute approximate surface area is 190 Å². The number of nitrogens with one attached hydrogen (secondary N) is 2. The number of aryl methyl sites for hydroxylation is 1. The van der Waals surface area contributed by atoms with E-state index in [2.05, 4.69) is 14.8 Å². The molecule has 3 aromatic rings. The van der Waals surface area contributed by atoms with Gasteiger partial charge in [0.25, 0.3) is 15.9 Å². The van der Waals surface area contributed by atoms with Gasteiger partial charge in [0.1, 0.15) is 16.4 Å². The highest BCUT2D eigenvalue weighted by Crippen LogP contribution is 2.27. The fraction of sp³-hybridized carbons (Fsp3) is 0.174. The average molecular weight is 477 g/mol. The van der Waals surface area contributed by atoms with Crippen molar-refractivity contribution in [3.05, 3.63) is 83.4 Å². The molecule has 174 valence electrons. The Morgan fingerprint density at radius 1 is 1.00 bits per heavy atom. The average Bonchev–Trinajstić information content (AvgIpc) is 2.79. The zero-order valence-corrected chi connectivity index (χ0v) is 18.7. The number of carbonyl (C=O) groups excluding carboxylic acids is 1. The second-order valence-corrected chi connectivity index (χ2v) is 8.66. The highest BCUT2D eigenvalue weighted by atomic mass is 32.2. The molecule has 0 saturated carbocycles. The van der Waals surface area contributed by atoms with Crippen molar-refractivity contribution < 1.29 is 31.5 Å². The molecule has 0 heterocycles. The topological polar surface area (TPSA) is 93.7 Å². The largest absolute Gasteiger partial charge is 0.495 e. The van der Waals surface area contributed by atoms with E-state index in [1.807, 2.05) is 6.92 Å². The van der Waals surface area contributed by atoms with Crippen LogP contribution in [0.25, 0.3) is 0 Å². The third-order valence-electron chi connectivity index (χ3n) is 4.65. The van der Waals surface area contributed by atoms with Gasteiger partial charge >= 0.3 is 6.61 Å². The summed E-state index contributed by atoms with van der Waals surface area (Å²) in [5.74, 6) is -0.605. The normalized spacial score (nSPS) is 11.2. The molecule has 0 spiro atoms. The smallest absolute Gasteiger partial charge is 0.387 e. The number of carbonyl (C=O) groups is 1. The van der Waals surface area contributed by atoms with Gasteiger partial charge in [-0.25, -0.2) is 8.42 Å². The second kappa shape index (κ2) is 10.3. The Morgan fingerprint density at radius 3 is 2.36 bits per heavy atom. The van der Waals surface area contributed by atoms with Gasteiger partial charge in [0.15, 0.2) is 0 Å². The van der Waals surface area contributed by atoms with Crippen LogP contribution in [-0.4, -0.2) is 28.0 Å². The third-order valence-corrected chi connectivity index (χ3v) is 6.05. The van der Waals surface area contributed by atoms with Crippen molar-refractivity contribution >= 4 is 21.6 Å². The molecule has 10 heteroatoms. The van der Waals surface area contributed by atoms with Crippen molar-refractivity contribution in [2.75, 3.05) is 11.8 Å². The Morgan fingerprint density at radius 2 is 1.70 bits per heavy atom. The SMILES string of the molecule is COc1ccc(C(=O)NCc2ccccc2OC(F)F)cc1S(=O)(=O)Nc1ccc(C)cc1. The van der Waals surface area contributed by atoms with Crippen molar-refractivity contribution in [3.8, 4) is 11.5 Å². The number of para-hydroxylation sites is 1. The van der Waals surface area contributed by atoms with Crippen LogP contribution < -0.4 is 19.5 Å². The molecule has 7 nitrogen and oxygen atoms in total. The first-order chi connectivity index (χ1) is 15.7. The first-order valence-electron chi connectivity index (χ1n) is 9.78. The maximum atomic E-state index is 13.0. The van der Waals surface area contributed by atoms with Crippen molar-refractivity contribution in [1.29, 1.82) is 0 Å². The summed E-state index contributed by atoms with van der Waals surface area (Å²) in [5.41, 5.74) is 1.71. The van der Waals surface area contributed by atoms with Crippen molar-refractivity contribution in [2.24, 2.45) is 0 Å². The van der Waals surface area contributed by atoms with Crippen LogP contribution in [-0.2, 0) is 16.6 Å². The number of anilines is 1. The van der Waals surface area contributed by atoms with Gasteiger partial charge in [-0.2, -0.15) is 8.78 Å². The highest BCUT2D eigenvalue weighted by molar-refractivity contribution is 7.92. The van der Waals surface area contributed by atoms with E-state index < -0.39 is 22.5 Å². The minimum absolute atomic E-state index is 0.0485. The van der Waals surface area contributed by atoms with Gasteiger partial charge in [-0.15, -0.1) is 0 Å². The summed E-state index contributed by atoms with van der Waals surface area (Å²) in [6.07, 6.45) is 0. The standard InChI is InChI=1S/C23H22F2N2O5S/c1-15-7-10-18(11-8-15)27-33(29,30)21-13-16(9-12-20(21)31-2)22(28)26-14-17-5-3-4-6-19(17)32-23(24)25/h3-13,23,27H,14H2,1-2H3,(H,26,28). The molecule has 0 radical (unpaired) electrons. The molecule has 0 bridgehead atoms. The molecule has 0 fully saturated rings. The maximum Gasteiger partial charge on any atom is 0.387 e. The summed E-state index contributed by atoms with van der Waals surface area (Å²) >= 11 is 0. The summed E-state index contributed by atoms with van der Waals surface area (Å²) in [4.78, 5) is 12.4. The fourth-order valence-electron chi connectivity index (χ4n) is 3.00. The van der Waals surface area contributed by atoms with E-state index in [0.29, 0.717) is 11.3 Å². The molecular formula is C23H22F2N2O5S. The molecule has 33 heavy (non-hydrogen) atoms. The van der Waals surface area contributed by atoms with E-state index in [1.165, 1.54) is 43.5 Å². The van der Waals surface area contributed by atoms with Crippen LogP contribution in [0.3, 0.4) is 0 Å². The van der Waals surface area contributed by atoms with Crippen LogP contribution in [0.4, 0.5) is 14.5 Å². The number of halogens is 2. The quantitative estimate of drug-likeness (QED) is 0.479. The highest BCUT2D eigenvalue weighted by Gasteiger charge is 2.22. The lowest BCUT2D eigenvalue weighted by atomic mass is 10.1. The Kier molecular flexibility index (Phi) is 7.49. The van der Waals surface area contributed by atoms with Crippen LogP contribution in [0.5, 0.6) is 11.5 Å². The third kappa shape index (κ3) is 6.19. The predicted molar refractivity (Wildman–Crippen MR) is 119 cm³/mol. The summed E-state index contributed by atoms with van der Waals surface area (Å²) in [7, 11) is -2.75. The number of hydrogen-bond acceptors (Lipinski definition) is 5. The molecule has 3 aromatic carbocycles. The molecule has 0 aromatic heterocycles. The fourth-order valence-corrected chi connectivity index (χ4v) is 4.25. The number of ether oxygens (including phenoxy) is 2. The lowest BCUT2D eigenvalue weighted by molar-refractivity contribution is -0.0504. The van der Waals surface area contributed by atoms with Gasteiger partial charge in [-0.3, -0.25) is 9.52 Å². The van der Waals surface area contributed by atoms with Crippen LogP contribution in [0.1, 0.15) is 21.5 Å². The molecule has 3 rings (SSSR count). The van der Waals surface area contributed by atoms with Crippen molar-refractivity contribution in [3.63, 3.8) is 0 Å². The van der Waals surface area contributed by atoms with Gasteiger partial charge < -0.3 is 14.8 Å². The Bertz CT molecular complexity index is 1230. The molecule has 2 N–H and O–H groups in total. The van der Waals surface area contributed by atoms with E-state index in [0.717, 1.165) is 5.56 Å². The van der Waals surface area contributed by atoms with E-state index in [4.69, 9.17) is 4.74 Å². The van der Waals surface area contributed by atoms with Gasteiger partial charge in [-0.05, 0) is 43.3 Å². The number of benzene rings is 3. The predicted octanol–water partition coefficient (Wildman–Crippen LogP) is 4.34. The summed E-state index contributed by atoms with van der Waals surface area (Å²) in [6, 6.07) is 16.8. The lowest BCUT2D eigenvalue weighted by Gasteiger charge is -2.14. The van der Waals surface area contributed by atoms with Crippen LogP contribution >= 0.6 is 0 Å². The van der Waals surface area contributed by atoms with Crippen molar-refractivity contribution in [1.82, 2.24) is 5.32 Å². The zero-order chi connectivity index (χ0) is 24.0. The summed E-state index contributed by atoms with van der Waals surface area (Å²) in [6.45, 7) is -1.23. The molecule has 0 atom stereocenters. The van der Waals surface area contributed by atoms with Crippen LogP contribution in [0, 0.1) is 6.92 Å². The van der Waals surface area contributed by atoms with Gasteiger partial charge in [0.05, 0.1) is 7.11 Å². The lowest BCUT2D eigenvalue weighted by Crippen LogP contribution is -2.24. The minimum atomic E-state index is -4.07. The Balaban J connectivity index is 1.81. The van der Waals surface area contributed by atoms with Crippen LogP contribution in [0.15, 0.2) is 71.6 Å². The first-order valence-corrected chi connectivity index (χ1v) is 11.3. The van der Waals surface area contributed by atoms with Crippen molar-refractivity contribution in [2.45, 2.75) is 25.0 Å². The number of alkyl halides is 2. The molecule has 0 aliphatic rings. The summed E-state index contributed by atoms with van der Waals surface area (Å²) < 4.78 is 63.2. The van der Waals surface area contributed by atoms with E-state index in [1.54, 1.807) is 30.3 Å². The number of rotatable bonds is 9. The zero-order valence-electron chi connectivity index (χ0n) is 17.8. The van der Waals surface area contributed by atoms with Gasteiger partial charge in [0.2, 0.25) is 0 Å². The van der Waals surface area contributed by atoms with E-state index in [-0.39, 0.29) is 28.5 Å². The molecule has 0 unspecified atom stereocenters. The Hall–Kier alpha value is -3.66. The number of sulfonamides is 1. The monoisotopic (exact) mass is 476 g/mol. The molecule has 0 aliphatic carbocycles. The second-order valence-electron chi connectivity index (χ2n) is 7.01. The number of amides is 1. The minimum Gasteiger partial charge on any atom is -0.495 e. The maximum absolute atomic E-state index is 13.0. The molecule has 0 aliphatic heterocycles. The van der Waals surface area contributed by atoms with E-state index >= 15 is 0 Å². The van der Waals surface area contributed by atoms with Crippen LogP contribution in [0.2, 0.25) is 0 Å².